The molecule has 0 fully saturated rings. The maximum Gasteiger partial charge on any atom is 0.347 e. The van der Waals surface area contributed by atoms with Crippen LogP contribution in [-0.2, 0) is 9.53 Å². The van der Waals surface area contributed by atoms with Gasteiger partial charge in [0.25, 0.3) is 0 Å². The smallest absolute Gasteiger partial charge is 0.347 e. The molecule has 0 saturated carbocycles. The average Bonchev–Trinajstić information content (AvgIpc) is 2.58. The number of carbonyl (C=O) groups is 2. The summed E-state index contributed by atoms with van der Waals surface area (Å²) in [6.45, 7) is 6.96. The van der Waals surface area contributed by atoms with Gasteiger partial charge in [0.15, 0.2) is 12.2 Å². The molecule has 0 N–H and O–H groups in total. The van der Waals surface area contributed by atoms with E-state index in [4.69, 9.17) is 32.7 Å². The van der Waals surface area contributed by atoms with Crippen molar-refractivity contribution in [2.45, 2.75) is 39.9 Å². The number of Topliss-reactive ketones (excluding diaryl/α,β-unsaturated/α-hetero) is 1. The summed E-state index contributed by atoms with van der Waals surface area (Å²) in [6.07, 6.45) is -1.85. The SMILES string of the molecule is Cc1ccc(C(=O)[C@H](C)OC(=O)[C@H](C)Oc2ccc(Cl)cc2Cl)cc1C. The number of halogens is 2. The Hall–Kier alpha value is -2.04. The Balaban J connectivity index is 2.00. The fraction of sp³-hybridized carbons (Fsp3) is 0.300. The second-order valence-electron chi connectivity index (χ2n) is 6.08. The average molecular weight is 395 g/mol. The van der Waals surface area contributed by atoms with E-state index in [1.54, 1.807) is 24.3 Å². The summed E-state index contributed by atoms with van der Waals surface area (Å²) in [5.74, 6) is -0.604. The van der Waals surface area contributed by atoms with E-state index in [0.29, 0.717) is 16.3 Å². The molecule has 2 aromatic carbocycles. The Kier molecular flexibility index (Phi) is 6.68. The van der Waals surface area contributed by atoms with Crippen LogP contribution in [0.5, 0.6) is 5.75 Å². The molecule has 2 aromatic rings. The van der Waals surface area contributed by atoms with E-state index in [1.165, 1.54) is 19.9 Å². The standard InChI is InChI=1S/C20H20Cl2O4/c1-11-5-6-15(9-12(11)2)19(23)13(3)26-20(24)14(4)25-18-8-7-16(21)10-17(18)22/h5-10,13-14H,1-4H3/t13-,14-/m0/s1. The van der Waals surface area contributed by atoms with Crippen LogP contribution in [0.1, 0.15) is 35.3 Å². The molecule has 26 heavy (non-hydrogen) atoms. The van der Waals surface area contributed by atoms with Gasteiger partial charge in [0.2, 0.25) is 5.78 Å². The van der Waals surface area contributed by atoms with Crippen molar-refractivity contribution in [3.8, 4) is 5.75 Å². The monoisotopic (exact) mass is 394 g/mol. The minimum absolute atomic E-state index is 0.266. The third-order valence-electron chi connectivity index (χ3n) is 3.98. The Morgan fingerprint density at radius 2 is 1.62 bits per heavy atom. The molecule has 2 atom stereocenters. The lowest BCUT2D eigenvalue weighted by atomic mass is 10.0. The van der Waals surface area contributed by atoms with Crippen LogP contribution < -0.4 is 4.74 Å². The lowest BCUT2D eigenvalue weighted by molar-refractivity contribution is -0.153. The third-order valence-corrected chi connectivity index (χ3v) is 4.51. The van der Waals surface area contributed by atoms with E-state index in [1.807, 2.05) is 19.9 Å². The molecule has 0 bridgehead atoms. The van der Waals surface area contributed by atoms with Gasteiger partial charge in [-0.25, -0.2) is 4.79 Å². The second-order valence-corrected chi connectivity index (χ2v) is 6.92. The third kappa shape index (κ3) is 4.99. The first-order valence-electron chi connectivity index (χ1n) is 8.12. The summed E-state index contributed by atoms with van der Waals surface area (Å²) < 4.78 is 10.8. The molecule has 0 unspecified atom stereocenters. The molecule has 6 heteroatoms. The maximum absolute atomic E-state index is 12.5. The molecule has 0 aromatic heterocycles. The molecule has 0 aliphatic carbocycles. The minimum atomic E-state index is -0.927. The number of carbonyl (C=O) groups excluding carboxylic acids is 2. The van der Waals surface area contributed by atoms with Crippen molar-refractivity contribution in [1.82, 2.24) is 0 Å². The van der Waals surface area contributed by atoms with E-state index in [-0.39, 0.29) is 10.8 Å². The highest BCUT2D eigenvalue weighted by molar-refractivity contribution is 6.35. The number of hydrogen-bond donors (Lipinski definition) is 0. The lowest BCUT2D eigenvalue weighted by Gasteiger charge is -2.18. The van der Waals surface area contributed by atoms with Crippen molar-refractivity contribution in [3.63, 3.8) is 0 Å². The minimum Gasteiger partial charge on any atom is -0.477 e. The zero-order chi connectivity index (χ0) is 19.4. The number of ether oxygens (including phenoxy) is 2. The van der Waals surface area contributed by atoms with Crippen molar-refractivity contribution in [3.05, 3.63) is 63.1 Å². The van der Waals surface area contributed by atoms with Crippen molar-refractivity contribution in [2.24, 2.45) is 0 Å². The molecular formula is C20H20Cl2O4. The van der Waals surface area contributed by atoms with Gasteiger partial charge in [0.1, 0.15) is 5.75 Å². The van der Waals surface area contributed by atoms with Gasteiger partial charge in [-0.15, -0.1) is 0 Å². The van der Waals surface area contributed by atoms with Gasteiger partial charge < -0.3 is 9.47 Å². The number of hydrogen-bond acceptors (Lipinski definition) is 4. The molecule has 4 nitrogen and oxygen atoms in total. The van der Waals surface area contributed by atoms with Crippen LogP contribution in [0.4, 0.5) is 0 Å². The van der Waals surface area contributed by atoms with Crippen LogP contribution in [0, 0.1) is 13.8 Å². The second kappa shape index (κ2) is 8.56. The van der Waals surface area contributed by atoms with Crippen molar-refractivity contribution in [2.75, 3.05) is 0 Å². The molecule has 0 heterocycles. The number of rotatable bonds is 6. The molecule has 0 amide bonds. The van der Waals surface area contributed by atoms with Gasteiger partial charge in [-0.3, -0.25) is 4.79 Å². The molecule has 0 aliphatic rings. The van der Waals surface area contributed by atoms with Crippen LogP contribution in [0.3, 0.4) is 0 Å². The van der Waals surface area contributed by atoms with Gasteiger partial charge in [-0.05, 0) is 63.1 Å². The zero-order valence-corrected chi connectivity index (χ0v) is 16.5. The van der Waals surface area contributed by atoms with E-state index in [9.17, 15) is 9.59 Å². The van der Waals surface area contributed by atoms with E-state index >= 15 is 0 Å². The number of aryl methyl sites for hydroxylation is 2. The molecule has 0 radical (unpaired) electrons. The highest BCUT2D eigenvalue weighted by Gasteiger charge is 2.24. The largest absolute Gasteiger partial charge is 0.477 e. The first-order chi connectivity index (χ1) is 12.2. The summed E-state index contributed by atoms with van der Waals surface area (Å²) in [5, 5.41) is 0.751. The molecule has 0 aliphatic heterocycles. The Morgan fingerprint density at radius 1 is 0.923 bits per heavy atom. The van der Waals surface area contributed by atoms with Crippen LogP contribution >= 0.6 is 23.2 Å². The van der Waals surface area contributed by atoms with Crippen LogP contribution in [0.25, 0.3) is 0 Å². The topological polar surface area (TPSA) is 52.6 Å². The van der Waals surface area contributed by atoms with Gasteiger partial charge >= 0.3 is 5.97 Å². The van der Waals surface area contributed by atoms with Gasteiger partial charge in [0.05, 0.1) is 5.02 Å². The first-order valence-corrected chi connectivity index (χ1v) is 8.88. The van der Waals surface area contributed by atoms with Crippen molar-refractivity contribution < 1.29 is 19.1 Å². The molecular weight excluding hydrogens is 375 g/mol. The molecule has 0 saturated heterocycles. The quantitative estimate of drug-likeness (QED) is 0.499. The van der Waals surface area contributed by atoms with Crippen molar-refractivity contribution in [1.29, 1.82) is 0 Å². The number of benzene rings is 2. The van der Waals surface area contributed by atoms with E-state index < -0.39 is 18.2 Å². The van der Waals surface area contributed by atoms with Gasteiger partial charge in [-0.2, -0.15) is 0 Å². The summed E-state index contributed by atoms with van der Waals surface area (Å²) in [6, 6.07) is 10.1. The summed E-state index contributed by atoms with van der Waals surface area (Å²) >= 11 is 11.9. The van der Waals surface area contributed by atoms with Crippen LogP contribution in [0.2, 0.25) is 10.0 Å². The van der Waals surface area contributed by atoms with Gasteiger partial charge in [-0.1, -0.05) is 35.3 Å². The van der Waals surface area contributed by atoms with Crippen molar-refractivity contribution >= 4 is 35.0 Å². The number of ketones is 1. The maximum atomic E-state index is 12.5. The summed E-state index contributed by atoms with van der Waals surface area (Å²) in [7, 11) is 0. The predicted octanol–water partition coefficient (Wildman–Crippen LogP) is 5.19. The van der Waals surface area contributed by atoms with E-state index in [2.05, 4.69) is 0 Å². The van der Waals surface area contributed by atoms with Gasteiger partial charge in [0, 0.05) is 10.6 Å². The zero-order valence-electron chi connectivity index (χ0n) is 15.0. The molecule has 2 rings (SSSR count). The predicted molar refractivity (Wildman–Crippen MR) is 102 cm³/mol. The Morgan fingerprint density at radius 3 is 2.23 bits per heavy atom. The van der Waals surface area contributed by atoms with Crippen LogP contribution in [0.15, 0.2) is 36.4 Å². The summed E-state index contributed by atoms with van der Waals surface area (Å²) in [5.41, 5.74) is 2.60. The Labute approximate surface area is 163 Å². The Bertz CT molecular complexity index is 833. The van der Waals surface area contributed by atoms with Crippen LogP contribution in [-0.4, -0.2) is 24.0 Å². The normalized spacial score (nSPS) is 13.0. The first kappa shape index (κ1) is 20.3. The fourth-order valence-electron chi connectivity index (χ4n) is 2.26. The highest BCUT2D eigenvalue weighted by atomic mass is 35.5. The molecule has 0 spiro atoms. The number of esters is 1. The van der Waals surface area contributed by atoms with E-state index in [0.717, 1.165) is 11.1 Å². The summed E-state index contributed by atoms with van der Waals surface area (Å²) in [4.78, 5) is 24.7. The fourth-order valence-corrected chi connectivity index (χ4v) is 2.72. The highest BCUT2D eigenvalue weighted by Crippen LogP contribution is 2.28. The lowest BCUT2D eigenvalue weighted by Crippen LogP contribution is -2.32. The molecule has 138 valence electrons.